The number of carbonyl (C=O) groups is 1. The number of hydrogen-bond acceptors (Lipinski definition) is 2. The molecule has 0 bridgehead atoms. The summed E-state index contributed by atoms with van der Waals surface area (Å²) in [5.41, 5.74) is 3.22. The number of primary amides is 1. The number of hydrogen-bond donors (Lipinski definition) is 2. The highest BCUT2D eigenvalue weighted by molar-refractivity contribution is 6.26. The maximum atomic E-state index is 10.6. The van der Waals surface area contributed by atoms with E-state index in [1.54, 1.807) is 0 Å². The molecule has 1 atom stereocenters. The second kappa shape index (κ2) is 2.40. The maximum absolute atomic E-state index is 10.6. The second-order valence-electron chi connectivity index (χ2n) is 2.91. The number of alkyl halides is 1. The van der Waals surface area contributed by atoms with E-state index in [-0.39, 0.29) is 0 Å². The fourth-order valence-corrected chi connectivity index (χ4v) is 0.386. The normalized spacial score (nSPS) is 18.1. The molecule has 3 N–H and O–H groups in total. The summed E-state index contributed by atoms with van der Waals surface area (Å²) in [6.07, 6.45) is 0. The molecule has 10 heavy (non-hydrogen) atoms. The molecule has 1 amide bonds. The van der Waals surface area contributed by atoms with Gasteiger partial charge in [-0.1, -0.05) is 0 Å². The number of carbonyl (C=O) groups excluding carboxylic acids is 1. The highest BCUT2D eigenvalue weighted by Crippen LogP contribution is 2.27. The van der Waals surface area contributed by atoms with E-state index in [0.717, 1.165) is 0 Å². The summed E-state index contributed by atoms with van der Waals surface area (Å²) in [7, 11) is 0. The van der Waals surface area contributed by atoms with E-state index in [1.807, 2.05) is 0 Å². The van der Waals surface area contributed by atoms with Crippen molar-refractivity contribution in [1.29, 1.82) is 0 Å². The van der Waals surface area contributed by atoms with Crippen LogP contribution in [0.5, 0.6) is 0 Å². The molecule has 0 aromatic heterocycles. The van der Waals surface area contributed by atoms with Crippen LogP contribution in [-0.2, 0) is 4.79 Å². The third-order valence-corrected chi connectivity index (χ3v) is 2.01. The minimum absolute atomic E-state index is 0.812. The SMILES string of the molecule is CC(C)(Cl)C(C)(O)C(N)=O. The number of aliphatic hydroxyl groups is 1. The van der Waals surface area contributed by atoms with Crippen molar-refractivity contribution in [2.75, 3.05) is 0 Å². The van der Waals surface area contributed by atoms with Gasteiger partial charge in [0.25, 0.3) is 5.91 Å². The molecular weight excluding hydrogens is 154 g/mol. The molecule has 0 aliphatic heterocycles. The maximum Gasteiger partial charge on any atom is 0.250 e. The standard InChI is InChI=1S/C6H12ClNO2/c1-5(2,7)6(3,10)4(8)9/h10H,1-3H3,(H2,8,9). The molecule has 0 rings (SSSR count). The highest BCUT2D eigenvalue weighted by Gasteiger charge is 2.42. The number of amides is 1. The van der Waals surface area contributed by atoms with Gasteiger partial charge in [0.1, 0.15) is 0 Å². The van der Waals surface area contributed by atoms with E-state index in [9.17, 15) is 9.90 Å². The van der Waals surface area contributed by atoms with E-state index in [0.29, 0.717) is 0 Å². The van der Waals surface area contributed by atoms with Gasteiger partial charge >= 0.3 is 0 Å². The van der Waals surface area contributed by atoms with Gasteiger partial charge in [0.05, 0.1) is 4.87 Å². The molecule has 0 saturated heterocycles. The van der Waals surface area contributed by atoms with Gasteiger partial charge in [0.2, 0.25) is 0 Å². The van der Waals surface area contributed by atoms with Gasteiger partial charge in [-0.05, 0) is 20.8 Å². The molecule has 60 valence electrons. The highest BCUT2D eigenvalue weighted by atomic mass is 35.5. The minimum atomic E-state index is -1.66. The lowest BCUT2D eigenvalue weighted by Gasteiger charge is -2.31. The molecule has 0 aromatic rings. The molecule has 0 radical (unpaired) electrons. The van der Waals surface area contributed by atoms with Crippen LogP contribution in [-0.4, -0.2) is 21.5 Å². The van der Waals surface area contributed by atoms with Crippen LogP contribution in [0.2, 0.25) is 0 Å². The smallest absolute Gasteiger partial charge is 0.250 e. The minimum Gasteiger partial charge on any atom is -0.378 e. The van der Waals surface area contributed by atoms with Gasteiger partial charge in [0, 0.05) is 0 Å². The van der Waals surface area contributed by atoms with E-state index < -0.39 is 16.4 Å². The molecule has 0 fully saturated rings. The number of halogens is 1. The first-order valence-corrected chi connectivity index (χ1v) is 3.28. The average Bonchev–Trinajstić information content (AvgIpc) is 1.62. The Bertz CT molecular complexity index is 148. The molecule has 0 heterocycles. The van der Waals surface area contributed by atoms with Crippen LogP contribution in [0.25, 0.3) is 0 Å². The Morgan fingerprint density at radius 1 is 1.50 bits per heavy atom. The Labute approximate surface area is 65.2 Å². The Hall–Kier alpha value is -0.280. The topological polar surface area (TPSA) is 63.3 Å². The lowest BCUT2D eigenvalue weighted by Crippen LogP contribution is -2.53. The van der Waals surface area contributed by atoms with E-state index in [4.69, 9.17) is 17.3 Å². The first kappa shape index (κ1) is 9.72. The zero-order chi connectivity index (χ0) is 8.58. The molecule has 3 nitrogen and oxygen atoms in total. The molecular formula is C6H12ClNO2. The predicted molar refractivity (Wildman–Crippen MR) is 39.8 cm³/mol. The zero-order valence-electron chi connectivity index (χ0n) is 6.31. The molecule has 0 aliphatic rings. The van der Waals surface area contributed by atoms with Crippen LogP contribution >= 0.6 is 11.6 Å². The van der Waals surface area contributed by atoms with E-state index >= 15 is 0 Å². The fraction of sp³-hybridized carbons (Fsp3) is 0.833. The predicted octanol–water partition coefficient (Wildman–Crippen LogP) is 0.240. The Morgan fingerprint density at radius 3 is 1.80 bits per heavy atom. The van der Waals surface area contributed by atoms with Crippen molar-refractivity contribution < 1.29 is 9.90 Å². The molecule has 0 spiro atoms. The largest absolute Gasteiger partial charge is 0.378 e. The van der Waals surface area contributed by atoms with Crippen molar-refractivity contribution in [2.24, 2.45) is 5.73 Å². The molecule has 4 heteroatoms. The van der Waals surface area contributed by atoms with Gasteiger partial charge in [-0.3, -0.25) is 4.79 Å². The lowest BCUT2D eigenvalue weighted by atomic mass is 9.91. The Balaban J connectivity index is 4.57. The summed E-state index contributed by atoms with van der Waals surface area (Å²) < 4.78 is 0. The van der Waals surface area contributed by atoms with Crippen LogP contribution in [0, 0.1) is 0 Å². The van der Waals surface area contributed by atoms with Gasteiger partial charge < -0.3 is 10.8 Å². The van der Waals surface area contributed by atoms with Crippen molar-refractivity contribution in [1.82, 2.24) is 0 Å². The van der Waals surface area contributed by atoms with Crippen molar-refractivity contribution in [3.63, 3.8) is 0 Å². The quantitative estimate of drug-likeness (QED) is 0.576. The van der Waals surface area contributed by atoms with Crippen LogP contribution < -0.4 is 5.73 Å². The van der Waals surface area contributed by atoms with Crippen LogP contribution in [0.15, 0.2) is 0 Å². The van der Waals surface area contributed by atoms with Crippen LogP contribution in [0.3, 0.4) is 0 Å². The van der Waals surface area contributed by atoms with E-state index in [2.05, 4.69) is 0 Å². The third kappa shape index (κ3) is 1.61. The van der Waals surface area contributed by atoms with Crippen molar-refractivity contribution in [3.05, 3.63) is 0 Å². The number of nitrogens with two attached hydrogens (primary N) is 1. The molecule has 1 unspecified atom stereocenters. The third-order valence-electron chi connectivity index (χ3n) is 1.64. The molecule has 0 aromatic carbocycles. The Morgan fingerprint density at radius 2 is 1.80 bits per heavy atom. The first-order valence-electron chi connectivity index (χ1n) is 2.91. The van der Waals surface area contributed by atoms with Gasteiger partial charge in [-0.2, -0.15) is 0 Å². The van der Waals surface area contributed by atoms with Crippen molar-refractivity contribution in [2.45, 2.75) is 31.2 Å². The monoisotopic (exact) mass is 165 g/mol. The lowest BCUT2D eigenvalue weighted by molar-refractivity contribution is -0.137. The number of rotatable bonds is 2. The van der Waals surface area contributed by atoms with Crippen LogP contribution in [0.4, 0.5) is 0 Å². The van der Waals surface area contributed by atoms with Crippen LogP contribution in [0.1, 0.15) is 20.8 Å². The second-order valence-corrected chi connectivity index (χ2v) is 3.85. The molecule has 0 aliphatic carbocycles. The summed E-state index contributed by atoms with van der Waals surface area (Å²) in [5.74, 6) is -0.812. The average molecular weight is 166 g/mol. The van der Waals surface area contributed by atoms with Crippen molar-refractivity contribution in [3.8, 4) is 0 Å². The van der Waals surface area contributed by atoms with Gasteiger partial charge in [0.15, 0.2) is 5.60 Å². The van der Waals surface area contributed by atoms with Crippen molar-refractivity contribution >= 4 is 17.5 Å². The van der Waals surface area contributed by atoms with Gasteiger partial charge in [-0.15, -0.1) is 11.6 Å². The van der Waals surface area contributed by atoms with E-state index in [1.165, 1.54) is 20.8 Å². The summed E-state index contributed by atoms with van der Waals surface area (Å²) in [6.45, 7) is 4.35. The van der Waals surface area contributed by atoms with Gasteiger partial charge in [-0.25, -0.2) is 0 Å². The molecule has 0 saturated carbocycles. The summed E-state index contributed by atoms with van der Waals surface area (Å²) >= 11 is 5.67. The summed E-state index contributed by atoms with van der Waals surface area (Å²) in [4.78, 5) is 9.53. The summed E-state index contributed by atoms with van der Waals surface area (Å²) in [6, 6.07) is 0. The Kier molecular flexibility index (Phi) is 2.33. The zero-order valence-corrected chi connectivity index (χ0v) is 7.07. The fourth-order valence-electron chi connectivity index (χ4n) is 0.293. The first-order chi connectivity index (χ1) is 4.19. The summed E-state index contributed by atoms with van der Waals surface area (Å²) in [5, 5.41) is 9.32.